The van der Waals surface area contributed by atoms with E-state index in [4.69, 9.17) is 9.84 Å². The average Bonchev–Trinajstić information content (AvgIpc) is 2.53. The van der Waals surface area contributed by atoms with Gasteiger partial charge in [0.2, 0.25) is 0 Å². The normalized spacial score (nSPS) is 21.3. The fraction of sp³-hybridized carbons (Fsp3) is 0.905. The Labute approximate surface area is 153 Å². The van der Waals surface area contributed by atoms with Crippen molar-refractivity contribution in [2.24, 2.45) is 17.8 Å². The Hall–Kier alpha value is -1.06. The molecule has 0 radical (unpaired) electrons. The Kier molecular flexibility index (Phi) is 9.52. The Morgan fingerprint density at radius 1 is 0.960 bits per heavy atom. The molecule has 1 saturated carbocycles. The van der Waals surface area contributed by atoms with Crippen LogP contribution < -0.4 is 0 Å². The van der Waals surface area contributed by atoms with Gasteiger partial charge >= 0.3 is 11.9 Å². The quantitative estimate of drug-likeness (QED) is 0.388. The maximum Gasteiger partial charge on any atom is 0.309 e. The molecule has 0 spiro atoms. The number of carbonyl (C=O) groups excluding carboxylic acids is 1. The largest absolute Gasteiger partial charge is 0.481 e. The summed E-state index contributed by atoms with van der Waals surface area (Å²) in [6, 6.07) is 0. The van der Waals surface area contributed by atoms with Crippen LogP contribution in [0.25, 0.3) is 0 Å². The first-order valence-electron chi connectivity index (χ1n) is 10.2. The lowest BCUT2D eigenvalue weighted by molar-refractivity contribution is -0.165. The maximum atomic E-state index is 12.4. The highest BCUT2D eigenvalue weighted by Crippen LogP contribution is 2.31. The predicted octanol–water partition coefficient (Wildman–Crippen LogP) is 5.59. The van der Waals surface area contributed by atoms with E-state index in [1.54, 1.807) is 0 Å². The van der Waals surface area contributed by atoms with E-state index in [-0.39, 0.29) is 17.8 Å². The highest BCUT2D eigenvalue weighted by molar-refractivity contribution is 5.74. The van der Waals surface area contributed by atoms with Crippen LogP contribution in [0.5, 0.6) is 0 Å². The minimum absolute atomic E-state index is 0.120. The molecule has 146 valence electrons. The highest BCUT2D eigenvalue weighted by Gasteiger charge is 2.33. The third kappa shape index (κ3) is 9.27. The summed E-state index contributed by atoms with van der Waals surface area (Å²) in [5.41, 5.74) is -0.418. The summed E-state index contributed by atoms with van der Waals surface area (Å²) < 4.78 is 5.75. The molecule has 0 atom stereocenters. The summed E-state index contributed by atoms with van der Waals surface area (Å²) in [5.74, 6) is -0.478. The second kappa shape index (κ2) is 10.8. The molecule has 0 saturated heterocycles. The van der Waals surface area contributed by atoms with Gasteiger partial charge in [0.1, 0.15) is 5.60 Å². The first-order valence-corrected chi connectivity index (χ1v) is 10.2. The fourth-order valence-electron chi connectivity index (χ4n) is 3.62. The van der Waals surface area contributed by atoms with Crippen molar-refractivity contribution < 1.29 is 19.4 Å². The van der Waals surface area contributed by atoms with Gasteiger partial charge < -0.3 is 9.84 Å². The molecule has 0 bridgehead atoms. The second-order valence-electron chi connectivity index (χ2n) is 8.77. The molecule has 1 N–H and O–H groups in total. The van der Waals surface area contributed by atoms with Crippen molar-refractivity contribution in [1.29, 1.82) is 0 Å². The van der Waals surface area contributed by atoms with Gasteiger partial charge in [0.15, 0.2) is 0 Å². The lowest BCUT2D eigenvalue weighted by Crippen LogP contribution is -2.34. The van der Waals surface area contributed by atoms with Gasteiger partial charge in [0, 0.05) is 0 Å². The molecular weight excluding hydrogens is 316 g/mol. The molecule has 1 rings (SSSR count). The van der Waals surface area contributed by atoms with Crippen molar-refractivity contribution in [2.45, 2.75) is 104 Å². The molecule has 0 heterocycles. The van der Waals surface area contributed by atoms with Crippen molar-refractivity contribution in [3.05, 3.63) is 0 Å². The second-order valence-corrected chi connectivity index (χ2v) is 8.77. The van der Waals surface area contributed by atoms with Gasteiger partial charge in [0.25, 0.3) is 0 Å². The van der Waals surface area contributed by atoms with Crippen molar-refractivity contribution in [3.63, 3.8) is 0 Å². The van der Waals surface area contributed by atoms with Crippen LogP contribution in [0.3, 0.4) is 0 Å². The Bertz CT molecular complexity index is 406. The van der Waals surface area contributed by atoms with Gasteiger partial charge in [-0.25, -0.2) is 0 Å². The smallest absolute Gasteiger partial charge is 0.309 e. The molecule has 1 aliphatic carbocycles. The number of hydrogen-bond acceptors (Lipinski definition) is 3. The van der Waals surface area contributed by atoms with Crippen molar-refractivity contribution in [1.82, 2.24) is 0 Å². The Morgan fingerprint density at radius 3 is 2.04 bits per heavy atom. The van der Waals surface area contributed by atoms with E-state index >= 15 is 0 Å². The number of hydrogen-bond donors (Lipinski definition) is 1. The third-order valence-electron chi connectivity index (χ3n) is 5.35. The van der Waals surface area contributed by atoms with E-state index in [1.165, 1.54) is 32.1 Å². The number of rotatable bonds is 11. The van der Waals surface area contributed by atoms with E-state index < -0.39 is 11.6 Å². The molecule has 1 fully saturated rings. The molecule has 0 aromatic heterocycles. The topological polar surface area (TPSA) is 63.6 Å². The molecule has 0 aliphatic heterocycles. The highest BCUT2D eigenvalue weighted by atomic mass is 16.6. The summed E-state index contributed by atoms with van der Waals surface area (Å²) in [4.78, 5) is 23.3. The zero-order valence-electron chi connectivity index (χ0n) is 16.7. The molecule has 4 heteroatoms. The van der Waals surface area contributed by atoms with Gasteiger partial charge in [-0.15, -0.1) is 0 Å². The fourth-order valence-corrected chi connectivity index (χ4v) is 3.62. The van der Waals surface area contributed by atoms with Gasteiger partial charge in [-0.3, -0.25) is 9.59 Å². The van der Waals surface area contributed by atoms with Crippen LogP contribution in [0.4, 0.5) is 0 Å². The molecule has 1 aliphatic rings. The number of unbranched alkanes of at least 4 members (excludes halogenated alkanes) is 4. The third-order valence-corrected chi connectivity index (χ3v) is 5.35. The summed E-state index contributed by atoms with van der Waals surface area (Å²) >= 11 is 0. The average molecular weight is 355 g/mol. The minimum Gasteiger partial charge on any atom is -0.481 e. The summed E-state index contributed by atoms with van der Waals surface area (Å²) in [5, 5.41) is 9.03. The molecule has 4 nitrogen and oxygen atoms in total. The summed E-state index contributed by atoms with van der Waals surface area (Å²) in [7, 11) is 0. The van der Waals surface area contributed by atoms with Crippen LogP contribution in [-0.4, -0.2) is 22.6 Å². The standard InChI is InChI=1S/C21H38O4/c1-16(2)10-8-6-5-7-9-15-21(3,4)25-20(24)18-13-11-17(12-14-18)19(22)23/h16-18H,5-15H2,1-4H3,(H,22,23). The maximum absolute atomic E-state index is 12.4. The number of carboxylic acids is 1. The zero-order chi connectivity index (χ0) is 18.9. The first-order chi connectivity index (χ1) is 11.7. The van der Waals surface area contributed by atoms with Crippen molar-refractivity contribution in [3.8, 4) is 0 Å². The SMILES string of the molecule is CC(C)CCCCCCCC(C)(C)OC(=O)C1CCC(C(=O)O)CC1. The van der Waals surface area contributed by atoms with Crippen LogP contribution >= 0.6 is 0 Å². The number of aliphatic carboxylic acids is 1. The first kappa shape index (κ1) is 22.0. The number of carbonyl (C=O) groups is 2. The lowest BCUT2D eigenvalue weighted by atomic mass is 9.82. The summed E-state index contributed by atoms with van der Waals surface area (Å²) in [6.07, 6.45) is 10.8. The van der Waals surface area contributed by atoms with E-state index in [2.05, 4.69) is 13.8 Å². The lowest BCUT2D eigenvalue weighted by Gasteiger charge is -2.30. The molecule has 0 aromatic carbocycles. The number of esters is 1. The van der Waals surface area contributed by atoms with Crippen molar-refractivity contribution >= 4 is 11.9 Å². The monoisotopic (exact) mass is 354 g/mol. The number of ether oxygens (including phenoxy) is 1. The number of carboxylic acid groups (broad SMARTS) is 1. The minimum atomic E-state index is -0.736. The van der Waals surface area contributed by atoms with Crippen LogP contribution in [0, 0.1) is 17.8 Å². The van der Waals surface area contributed by atoms with Crippen LogP contribution in [0.1, 0.15) is 98.3 Å². The van der Waals surface area contributed by atoms with Crippen LogP contribution in [0.2, 0.25) is 0 Å². The van der Waals surface area contributed by atoms with E-state index in [1.807, 2.05) is 13.8 Å². The molecular formula is C21H38O4. The Balaban J connectivity index is 2.19. The molecule has 0 amide bonds. The van der Waals surface area contributed by atoms with Crippen molar-refractivity contribution in [2.75, 3.05) is 0 Å². The van der Waals surface area contributed by atoms with Gasteiger partial charge in [-0.2, -0.15) is 0 Å². The van der Waals surface area contributed by atoms with Crippen LogP contribution in [-0.2, 0) is 14.3 Å². The summed E-state index contributed by atoms with van der Waals surface area (Å²) in [6.45, 7) is 8.52. The predicted molar refractivity (Wildman–Crippen MR) is 100 cm³/mol. The van der Waals surface area contributed by atoms with Gasteiger partial charge in [-0.1, -0.05) is 46.0 Å². The van der Waals surface area contributed by atoms with Gasteiger partial charge in [0.05, 0.1) is 11.8 Å². The van der Waals surface area contributed by atoms with E-state index in [0.29, 0.717) is 25.7 Å². The van der Waals surface area contributed by atoms with E-state index in [0.717, 1.165) is 18.8 Å². The molecule has 25 heavy (non-hydrogen) atoms. The Morgan fingerprint density at radius 2 is 1.48 bits per heavy atom. The van der Waals surface area contributed by atoms with Crippen LogP contribution in [0.15, 0.2) is 0 Å². The zero-order valence-corrected chi connectivity index (χ0v) is 16.7. The van der Waals surface area contributed by atoms with E-state index in [9.17, 15) is 9.59 Å². The molecule has 0 aromatic rings. The molecule has 0 unspecified atom stereocenters. The van der Waals surface area contributed by atoms with Gasteiger partial charge in [-0.05, 0) is 58.3 Å².